The van der Waals surface area contributed by atoms with Crippen molar-refractivity contribution in [2.75, 3.05) is 19.0 Å². The Morgan fingerprint density at radius 1 is 0.783 bits per heavy atom. The van der Waals surface area contributed by atoms with Gasteiger partial charge < -0.3 is 4.90 Å². The van der Waals surface area contributed by atoms with Gasteiger partial charge in [-0.05, 0) is 29.8 Å². The van der Waals surface area contributed by atoms with Gasteiger partial charge in [0, 0.05) is 25.3 Å². The number of anilines is 1. The van der Waals surface area contributed by atoms with Crippen molar-refractivity contribution in [3.8, 4) is 11.1 Å². The van der Waals surface area contributed by atoms with Crippen LogP contribution in [-0.2, 0) is 12.4 Å². The molecule has 0 aromatic heterocycles. The fourth-order valence-electron chi connectivity index (χ4n) is 2.30. The average Bonchev–Trinajstić information content (AvgIpc) is 2.44. The van der Waals surface area contributed by atoms with E-state index in [1.807, 2.05) is 0 Å². The lowest BCUT2D eigenvalue weighted by Gasteiger charge is -2.22. The first-order chi connectivity index (χ1) is 10.5. The van der Waals surface area contributed by atoms with E-state index in [1.165, 1.54) is 37.2 Å². The Hall–Kier alpha value is -2.18. The maximum Gasteiger partial charge on any atom is 0.417 e. The van der Waals surface area contributed by atoms with E-state index in [1.54, 1.807) is 0 Å². The Morgan fingerprint density at radius 3 is 1.91 bits per heavy atom. The van der Waals surface area contributed by atoms with Gasteiger partial charge in [-0.15, -0.1) is 0 Å². The molecule has 0 aliphatic heterocycles. The third kappa shape index (κ3) is 3.60. The van der Waals surface area contributed by atoms with E-state index in [2.05, 4.69) is 0 Å². The molecule has 0 radical (unpaired) electrons. The lowest BCUT2D eigenvalue weighted by molar-refractivity contribution is -0.137. The van der Waals surface area contributed by atoms with Crippen LogP contribution in [0.5, 0.6) is 0 Å². The first kappa shape index (κ1) is 17.2. The van der Waals surface area contributed by atoms with E-state index >= 15 is 0 Å². The predicted octanol–water partition coefficient (Wildman–Crippen LogP) is 5.46. The maximum atomic E-state index is 13.3. The van der Waals surface area contributed by atoms with Gasteiger partial charge in [-0.3, -0.25) is 0 Å². The van der Waals surface area contributed by atoms with Crippen LogP contribution in [0.25, 0.3) is 11.1 Å². The summed E-state index contributed by atoms with van der Waals surface area (Å²) in [6.07, 6.45) is -9.29. The maximum absolute atomic E-state index is 13.3. The van der Waals surface area contributed by atoms with E-state index in [4.69, 9.17) is 0 Å². The fourth-order valence-corrected chi connectivity index (χ4v) is 2.30. The first-order valence-corrected chi connectivity index (χ1v) is 6.57. The van der Waals surface area contributed by atoms with E-state index < -0.39 is 23.5 Å². The SMILES string of the molecule is CN(C)c1cccc(C(F)(F)F)c1-c1cccc(C(F)(F)F)c1. The van der Waals surface area contributed by atoms with Gasteiger partial charge in [-0.2, -0.15) is 26.3 Å². The van der Waals surface area contributed by atoms with Gasteiger partial charge >= 0.3 is 12.4 Å². The fraction of sp³-hybridized carbons (Fsp3) is 0.250. The molecule has 2 rings (SSSR count). The third-order valence-corrected chi connectivity index (χ3v) is 3.31. The molecule has 0 spiro atoms. The lowest BCUT2D eigenvalue weighted by Crippen LogP contribution is -2.15. The highest BCUT2D eigenvalue weighted by atomic mass is 19.4. The molecular weight excluding hydrogens is 320 g/mol. The molecule has 0 unspecified atom stereocenters. The smallest absolute Gasteiger partial charge is 0.377 e. The molecule has 0 saturated carbocycles. The zero-order chi connectivity index (χ0) is 17.4. The minimum absolute atomic E-state index is 0.128. The molecule has 0 heterocycles. The zero-order valence-corrected chi connectivity index (χ0v) is 12.3. The minimum Gasteiger partial charge on any atom is -0.377 e. The van der Waals surface area contributed by atoms with Gasteiger partial charge in [0.15, 0.2) is 0 Å². The lowest BCUT2D eigenvalue weighted by atomic mass is 9.95. The van der Waals surface area contributed by atoms with Gasteiger partial charge in [0.2, 0.25) is 0 Å². The van der Waals surface area contributed by atoms with Crippen LogP contribution in [-0.4, -0.2) is 14.1 Å². The van der Waals surface area contributed by atoms with Gasteiger partial charge in [0.05, 0.1) is 11.1 Å². The minimum atomic E-state index is -4.67. The molecule has 0 saturated heterocycles. The zero-order valence-electron chi connectivity index (χ0n) is 12.3. The summed E-state index contributed by atoms with van der Waals surface area (Å²) in [5.74, 6) is 0. The van der Waals surface area contributed by atoms with Crippen LogP contribution in [0, 0.1) is 0 Å². The van der Waals surface area contributed by atoms with E-state index in [9.17, 15) is 26.3 Å². The predicted molar refractivity (Wildman–Crippen MR) is 76.2 cm³/mol. The molecule has 1 nitrogen and oxygen atoms in total. The van der Waals surface area contributed by atoms with Crippen molar-refractivity contribution in [1.29, 1.82) is 0 Å². The Morgan fingerprint density at radius 2 is 1.39 bits per heavy atom. The summed E-state index contributed by atoms with van der Waals surface area (Å²) in [7, 11) is 3.07. The van der Waals surface area contributed by atoms with Gasteiger partial charge in [-0.25, -0.2) is 0 Å². The van der Waals surface area contributed by atoms with Crippen molar-refractivity contribution in [2.24, 2.45) is 0 Å². The Kier molecular flexibility index (Phi) is 4.32. The van der Waals surface area contributed by atoms with Crippen LogP contribution in [0.15, 0.2) is 42.5 Å². The van der Waals surface area contributed by atoms with Crippen LogP contribution in [0.4, 0.5) is 32.0 Å². The highest BCUT2D eigenvalue weighted by Gasteiger charge is 2.36. The summed E-state index contributed by atoms with van der Waals surface area (Å²) >= 11 is 0. The molecule has 124 valence electrons. The van der Waals surface area contributed by atoms with E-state index in [0.717, 1.165) is 24.3 Å². The molecule has 0 bridgehead atoms. The molecule has 2 aromatic rings. The number of hydrogen-bond donors (Lipinski definition) is 0. The normalized spacial score (nSPS) is 12.3. The molecular formula is C16H13F6N. The van der Waals surface area contributed by atoms with Crippen molar-refractivity contribution in [3.63, 3.8) is 0 Å². The summed E-state index contributed by atoms with van der Waals surface area (Å²) in [5.41, 5.74) is -2.16. The molecule has 0 aliphatic carbocycles. The average molecular weight is 333 g/mol. The third-order valence-electron chi connectivity index (χ3n) is 3.31. The van der Waals surface area contributed by atoms with Crippen LogP contribution in [0.2, 0.25) is 0 Å². The number of alkyl halides is 6. The van der Waals surface area contributed by atoms with Crippen molar-refractivity contribution in [2.45, 2.75) is 12.4 Å². The molecule has 0 amide bonds. The van der Waals surface area contributed by atoms with E-state index in [0.29, 0.717) is 0 Å². The van der Waals surface area contributed by atoms with Crippen LogP contribution in [0.3, 0.4) is 0 Å². The molecule has 23 heavy (non-hydrogen) atoms. The number of benzene rings is 2. The summed E-state index contributed by atoms with van der Waals surface area (Å²) in [5, 5.41) is 0. The Labute approximate surface area is 129 Å². The summed E-state index contributed by atoms with van der Waals surface area (Å²) in [6, 6.07) is 7.44. The molecule has 0 aliphatic rings. The number of nitrogens with zero attached hydrogens (tertiary/aromatic N) is 1. The highest BCUT2D eigenvalue weighted by molar-refractivity contribution is 5.82. The second kappa shape index (κ2) is 5.79. The van der Waals surface area contributed by atoms with Crippen LogP contribution in [0.1, 0.15) is 11.1 Å². The summed E-state index contributed by atoms with van der Waals surface area (Å²) in [4.78, 5) is 1.44. The Balaban J connectivity index is 2.76. The van der Waals surface area contributed by atoms with Crippen molar-refractivity contribution in [3.05, 3.63) is 53.6 Å². The second-order valence-corrected chi connectivity index (χ2v) is 5.17. The second-order valence-electron chi connectivity index (χ2n) is 5.17. The largest absolute Gasteiger partial charge is 0.417 e. The number of hydrogen-bond acceptors (Lipinski definition) is 1. The van der Waals surface area contributed by atoms with Crippen molar-refractivity contribution < 1.29 is 26.3 Å². The van der Waals surface area contributed by atoms with Crippen LogP contribution < -0.4 is 4.90 Å². The molecule has 0 atom stereocenters. The van der Waals surface area contributed by atoms with Gasteiger partial charge in [0.25, 0.3) is 0 Å². The standard InChI is InChI=1S/C16H13F6N/c1-23(2)13-8-4-7-12(16(20,21)22)14(13)10-5-3-6-11(9-10)15(17,18)19/h3-9H,1-2H3. The van der Waals surface area contributed by atoms with E-state index in [-0.39, 0.29) is 16.8 Å². The quantitative estimate of drug-likeness (QED) is 0.660. The van der Waals surface area contributed by atoms with Gasteiger partial charge in [0.1, 0.15) is 0 Å². The van der Waals surface area contributed by atoms with Crippen molar-refractivity contribution >= 4 is 5.69 Å². The molecule has 7 heteroatoms. The topological polar surface area (TPSA) is 3.24 Å². The van der Waals surface area contributed by atoms with Crippen molar-refractivity contribution in [1.82, 2.24) is 0 Å². The molecule has 0 fully saturated rings. The Bertz CT molecular complexity index is 700. The summed E-state index contributed by atoms with van der Waals surface area (Å²) in [6.45, 7) is 0. The molecule has 2 aromatic carbocycles. The number of halogens is 6. The first-order valence-electron chi connectivity index (χ1n) is 6.57. The molecule has 0 N–H and O–H groups in total. The monoisotopic (exact) mass is 333 g/mol. The summed E-state index contributed by atoms with van der Waals surface area (Å²) < 4.78 is 78.3. The van der Waals surface area contributed by atoms with Gasteiger partial charge in [-0.1, -0.05) is 18.2 Å². The highest BCUT2D eigenvalue weighted by Crippen LogP contribution is 2.43. The number of rotatable bonds is 2. The van der Waals surface area contributed by atoms with Crippen LogP contribution >= 0.6 is 0 Å².